The van der Waals surface area contributed by atoms with Gasteiger partial charge in [-0.3, -0.25) is 9.89 Å². The first kappa shape index (κ1) is 16.6. The molecule has 0 aromatic carbocycles. The Morgan fingerprint density at radius 2 is 2.08 bits per heavy atom. The third kappa shape index (κ3) is 3.12. The van der Waals surface area contributed by atoms with Crippen molar-refractivity contribution in [2.45, 2.75) is 57.9 Å². The lowest BCUT2D eigenvalue weighted by atomic mass is 9.88. The molecule has 0 spiro atoms. The van der Waals surface area contributed by atoms with Gasteiger partial charge in [0, 0.05) is 36.1 Å². The number of hydrogen-bond acceptors (Lipinski definition) is 5. The Morgan fingerprint density at radius 1 is 1.19 bits per heavy atom. The molecular formula is C21H26N4S. The van der Waals surface area contributed by atoms with Crippen LogP contribution in [0.1, 0.15) is 60.8 Å². The first-order valence-electron chi connectivity index (χ1n) is 9.96. The van der Waals surface area contributed by atoms with Gasteiger partial charge in [0.1, 0.15) is 10.7 Å². The lowest BCUT2D eigenvalue weighted by Crippen LogP contribution is -2.31. The van der Waals surface area contributed by atoms with Gasteiger partial charge in [0.05, 0.1) is 12.2 Å². The fourth-order valence-corrected chi connectivity index (χ4v) is 5.90. The Hall–Kier alpha value is -1.59. The Kier molecular flexibility index (Phi) is 4.37. The molecule has 4 nitrogen and oxygen atoms in total. The molecule has 2 aromatic heterocycles. The predicted molar refractivity (Wildman–Crippen MR) is 108 cm³/mol. The van der Waals surface area contributed by atoms with Crippen LogP contribution in [-0.4, -0.2) is 40.7 Å². The standard InChI is InChI=1S/C21H26N4S/c1-14-23-19(13-25-8-7-16-10-22-11-17(16)12-25)18-9-20(26-21(18)24-14)15-5-3-2-4-6-15/h9,11,15H,2-8,10,12-13H2,1H3. The number of aliphatic imine (C=N–C) groups is 1. The molecule has 1 aliphatic carbocycles. The lowest BCUT2D eigenvalue weighted by molar-refractivity contribution is 0.280. The van der Waals surface area contributed by atoms with Crippen molar-refractivity contribution in [3.05, 3.63) is 33.6 Å². The summed E-state index contributed by atoms with van der Waals surface area (Å²) in [6.07, 6.45) is 10.1. The van der Waals surface area contributed by atoms with Crippen molar-refractivity contribution in [1.82, 2.24) is 14.9 Å². The molecule has 4 heterocycles. The maximum atomic E-state index is 4.84. The molecule has 26 heavy (non-hydrogen) atoms. The third-order valence-electron chi connectivity index (χ3n) is 6.09. The summed E-state index contributed by atoms with van der Waals surface area (Å²) in [5.41, 5.74) is 4.19. The summed E-state index contributed by atoms with van der Waals surface area (Å²) in [5.74, 6) is 1.65. The minimum atomic E-state index is 0.744. The van der Waals surface area contributed by atoms with Crippen molar-refractivity contribution in [3.63, 3.8) is 0 Å². The van der Waals surface area contributed by atoms with Crippen LogP contribution in [0.25, 0.3) is 10.2 Å². The van der Waals surface area contributed by atoms with Gasteiger partial charge in [0.2, 0.25) is 0 Å². The number of thiophene rings is 1. The second-order valence-corrected chi connectivity index (χ2v) is 9.04. The van der Waals surface area contributed by atoms with E-state index in [-0.39, 0.29) is 0 Å². The van der Waals surface area contributed by atoms with Crippen LogP contribution < -0.4 is 0 Å². The summed E-state index contributed by atoms with van der Waals surface area (Å²) in [5, 5.41) is 1.29. The molecule has 0 bridgehead atoms. The van der Waals surface area contributed by atoms with E-state index in [0.717, 1.165) is 44.3 Å². The minimum absolute atomic E-state index is 0.744. The predicted octanol–water partition coefficient (Wildman–Crippen LogP) is 4.63. The molecule has 0 radical (unpaired) electrons. The fourth-order valence-electron chi connectivity index (χ4n) is 4.64. The normalized spacial score (nSPS) is 21.7. The molecule has 3 aliphatic rings. The largest absolute Gasteiger partial charge is 0.293 e. The summed E-state index contributed by atoms with van der Waals surface area (Å²) < 4.78 is 0. The molecule has 2 aliphatic heterocycles. The number of nitrogens with zero attached hydrogens (tertiary/aromatic N) is 4. The van der Waals surface area contributed by atoms with E-state index in [0.29, 0.717) is 0 Å². The molecule has 0 unspecified atom stereocenters. The average molecular weight is 367 g/mol. The van der Waals surface area contributed by atoms with Gasteiger partial charge < -0.3 is 0 Å². The fraction of sp³-hybridized carbons (Fsp3) is 0.571. The summed E-state index contributed by atoms with van der Waals surface area (Å²) in [6, 6.07) is 2.41. The smallest absolute Gasteiger partial charge is 0.127 e. The Labute approximate surface area is 159 Å². The van der Waals surface area contributed by atoms with Crippen molar-refractivity contribution in [3.8, 4) is 0 Å². The van der Waals surface area contributed by atoms with E-state index in [1.807, 2.05) is 18.3 Å². The molecule has 5 rings (SSSR count). The highest BCUT2D eigenvalue weighted by molar-refractivity contribution is 7.18. The van der Waals surface area contributed by atoms with E-state index in [2.05, 4.69) is 22.2 Å². The van der Waals surface area contributed by atoms with Gasteiger partial charge in [0.25, 0.3) is 0 Å². The topological polar surface area (TPSA) is 41.4 Å². The Morgan fingerprint density at radius 3 is 2.96 bits per heavy atom. The monoisotopic (exact) mass is 366 g/mol. The van der Waals surface area contributed by atoms with Crippen LogP contribution in [0.5, 0.6) is 0 Å². The van der Waals surface area contributed by atoms with Gasteiger partial charge in [-0.15, -0.1) is 11.3 Å². The van der Waals surface area contributed by atoms with Gasteiger partial charge >= 0.3 is 0 Å². The van der Waals surface area contributed by atoms with E-state index in [4.69, 9.17) is 9.97 Å². The number of fused-ring (bicyclic) bond motifs is 1. The zero-order valence-corrected chi connectivity index (χ0v) is 16.3. The van der Waals surface area contributed by atoms with Crippen LogP contribution in [0.15, 0.2) is 22.2 Å². The van der Waals surface area contributed by atoms with Crippen molar-refractivity contribution in [1.29, 1.82) is 0 Å². The van der Waals surface area contributed by atoms with Gasteiger partial charge in [-0.25, -0.2) is 9.97 Å². The maximum absolute atomic E-state index is 4.84. The van der Waals surface area contributed by atoms with E-state index >= 15 is 0 Å². The van der Waals surface area contributed by atoms with Gasteiger partial charge in [-0.05, 0) is 49.3 Å². The summed E-state index contributed by atoms with van der Waals surface area (Å²) in [4.78, 5) is 19.3. The molecule has 136 valence electrons. The Balaban J connectivity index is 1.43. The zero-order chi connectivity index (χ0) is 17.5. The van der Waals surface area contributed by atoms with E-state index in [9.17, 15) is 0 Å². The number of aromatic nitrogens is 2. The minimum Gasteiger partial charge on any atom is -0.293 e. The quantitative estimate of drug-likeness (QED) is 0.795. The van der Waals surface area contributed by atoms with Gasteiger partial charge in [-0.1, -0.05) is 19.3 Å². The van der Waals surface area contributed by atoms with Crippen LogP contribution in [-0.2, 0) is 6.54 Å². The molecule has 2 aromatic rings. The second-order valence-electron chi connectivity index (χ2n) is 7.98. The zero-order valence-electron chi connectivity index (χ0n) is 15.5. The van der Waals surface area contributed by atoms with Crippen molar-refractivity contribution >= 4 is 27.8 Å². The summed E-state index contributed by atoms with van der Waals surface area (Å²) >= 11 is 1.91. The SMILES string of the molecule is Cc1nc(CN2CCC3=C(C=NC3)C2)c2cc(C3CCCCC3)sc2n1. The van der Waals surface area contributed by atoms with Crippen LogP contribution in [0.2, 0.25) is 0 Å². The highest BCUT2D eigenvalue weighted by atomic mass is 32.1. The molecular weight excluding hydrogens is 340 g/mol. The van der Waals surface area contributed by atoms with Crippen molar-refractivity contribution < 1.29 is 0 Å². The highest BCUT2D eigenvalue weighted by Crippen LogP contribution is 2.39. The maximum Gasteiger partial charge on any atom is 0.127 e. The molecule has 0 amide bonds. The number of hydrogen-bond donors (Lipinski definition) is 0. The highest BCUT2D eigenvalue weighted by Gasteiger charge is 2.23. The average Bonchev–Trinajstić information content (AvgIpc) is 3.28. The van der Waals surface area contributed by atoms with Gasteiger partial charge in [0.15, 0.2) is 0 Å². The molecule has 1 fully saturated rings. The molecule has 5 heteroatoms. The van der Waals surface area contributed by atoms with E-state index in [1.165, 1.54) is 58.5 Å². The Bertz CT molecular complexity index is 889. The summed E-state index contributed by atoms with van der Waals surface area (Å²) in [6.45, 7) is 6.01. The van der Waals surface area contributed by atoms with E-state index in [1.54, 1.807) is 5.57 Å². The van der Waals surface area contributed by atoms with Crippen LogP contribution in [0.3, 0.4) is 0 Å². The van der Waals surface area contributed by atoms with Crippen molar-refractivity contribution in [2.75, 3.05) is 19.6 Å². The molecule has 0 saturated heterocycles. The first-order valence-corrected chi connectivity index (χ1v) is 10.8. The second kappa shape index (κ2) is 6.86. The van der Waals surface area contributed by atoms with Crippen molar-refractivity contribution in [2.24, 2.45) is 4.99 Å². The van der Waals surface area contributed by atoms with Gasteiger partial charge in [-0.2, -0.15) is 0 Å². The molecule has 1 saturated carbocycles. The summed E-state index contributed by atoms with van der Waals surface area (Å²) in [7, 11) is 0. The number of rotatable bonds is 3. The molecule has 0 atom stereocenters. The van der Waals surface area contributed by atoms with Crippen LogP contribution >= 0.6 is 11.3 Å². The van der Waals surface area contributed by atoms with E-state index < -0.39 is 0 Å². The third-order valence-corrected chi connectivity index (χ3v) is 7.28. The first-order chi connectivity index (χ1) is 12.8. The molecule has 0 N–H and O–H groups in total. The number of aryl methyl sites for hydroxylation is 1. The lowest BCUT2D eigenvalue weighted by Gasteiger charge is -2.27. The van der Waals surface area contributed by atoms with Crippen LogP contribution in [0.4, 0.5) is 0 Å². The van der Waals surface area contributed by atoms with Crippen LogP contribution in [0, 0.1) is 6.92 Å².